The zero-order valence-corrected chi connectivity index (χ0v) is 12.3. The Hall–Kier alpha value is -1.91. The molecule has 1 aromatic carbocycles. The Kier molecular flexibility index (Phi) is 4.60. The zero-order valence-electron chi connectivity index (χ0n) is 11.5. The van der Waals surface area contributed by atoms with Crippen LogP contribution in [0.15, 0.2) is 24.3 Å². The third-order valence-electron chi connectivity index (χ3n) is 3.63. The van der Waals surface area contributed by atoms with Crippen LogP contribution in [0.25, 0.3) is 0 Å². The molecule has 1 fully saturated rings. The zero-order chi connectivity index (χ0) is 15.5. The maximum absolute atomic E-state index is 12.2. The predicted octanol–water partition coefficient (Wildman–Crippen LogP) is 0.380. The van der Waals surface area contributed by atoms with Crippen LogP contribution < -0.4 is 5.14 Å². The van der Waals surface area contributed by atoms with Crippen LogP contribution in [0.4, 0.5) is 0 Å². The number of benzene rings is 1. The number of amides is 1. The first-order chi connectivity index (χ1) is 9.90. The average Bonchev–Trinajstić information content (AvgIpc) is 2.47. The summed E-state index contributed by atoms with van der Waals surface area (Å²) >= 11 is 0. The first-order valence-corrected chi connectivity index (χ1v) is 8.29. The van der Waals surface area contributed by atoms with Gasteiger partial charge in [-0.15, -0.1) is 0 Å². The lowest BCUT2D eigenvalue weighted by Gasteiger charge is -2.31. The summed E-state index contributed by atoms with van der Waals surface area (Å²) in [6.45, 7) is 0.717. The van der Waals surface area contributed by atoms with Crippen molar-refractivity contribution in [3.05, 3.63) is 35.4 Å². The van der Waals surface area contributed by atoms with E-state index in [4.69, 9.17) is 10.4 Å². The number of nitrogens with zero attached hydrogens (tertiary/aromatic N) is 2. The van der Waals surface area contributed by atoms with Crippen LogP contribution in [0, 0.1) is 11.3 Å². The Bertz CT molecular complexity index is 662. The fraction of sp³-hybridized carbons (Fsp3) is 0.429. The molecular formula is C14H17N3O3S. The lowest BCUT2D eigenvalue weighted by atomic mass is 10.1. The summed E-state index contributed by atoms with van der Waals surface area (Å²) in [5.74, 6) is -0.118. The molecule has 6 nitrogen and oxygen atoms in total. The normalized spacial score (nSPS) is 19.0. The number of likely N-dealkylation sites (tertiary alicyclic amines) is 1. The van der Waals surface area contributed by atoms with Gasteiger partial charge in [0.15, 0.2) is 0 Å². The Balaban J connectivity index is 2.01. The monoisotopic (exact) mass is 307 g/mol. The molecule has 1 atom stereocenters. The van der Waals surface area contributed by atoms with Gasteiger partial charge in [0.25, 0.3) is 0 Å². The summed E-state index contributed by atoms with van der Waals surface area (Å²) in [6, 6.07) is 8.80. The Labute approximate surface area is 124 Å². The second-order valence-corrected chi connectivity index (χ2v) is 7.02. The van der Waals surface area contributed by atoms with Crippen molar-refractivity contribution in [2.45, 2.75) is 24.5 Å². The Morgan fingerprint density at radius 3 is 2.62 bits per heavy atom. The van der Waals surface area contributed by atoms with Crippen molar-refractivity contribution in [3.8, 4) is 6.07 Å². The van der Waals surface area contributed by atoms with Crippen LogP contribution in [0.5, 0.6) is 0 Å². The summed E-state index contributed by atoms with van der Waals surface area (Å²) in [7, 11) is -3.60. The van der Waals surface area contributed by atoms with Gasteiger partial charge >= 0.3 is 0 Å². The molecular weight excluding hydrogens is 290 g/mol. The minimum absolute atomic E-state index is 0.118. The standard InChI is InChI=1S/C14H17N3O3S/c15-9-12-5-3-11(4-6-12)8-14(18)17-7-1-2-13(10-17)21(16,19)20/h3-6,13H,1-2,7-8,10H2,(H2,16,19,20). The van der Waals surface area contributed by atoms with Crippen molar-refractivity contribution in [3.63, 3.8) is 0 Å². The molecule has 7 heteroatoms. The maximum atomic E-state index is 12.2. The first kappa shape index (κ1) is 15.5. The quantitative estimate of drug-likeness (QED) is 0.871. The molecule has 1 unspecified atom stereocenters. The summed E-state index contributed by atoms with van der Waals surface area (Å²) in [5, 5.41) is 13.2. The van der Waals surface area contributed by atoms with E-state index in [0.717, 1.165) is 5.56 Å². The number of carbonyl (C=O) groups excluding carboxylic acids is 1. The van der Waals surface area contributed by atoms with Crippen molar-refractivity contribution in [1.82, 2.24) is 4.90 Å². The summed E-state index contributed by atoms with van der Waals surface area (Å²) < 4.78 is 22.8. The van der Waals surface area contributed by atoms with E-state index in [1.807, 2.05) is 6.07 Å². The number of nitrogens with two attached hydrogens (primary N) is 1. The van der Waals surface area contributed by atoms with E-state index in [1.165, 1.54) is 0 Å². The largest absolute Gasteiger partial charge is 0.341 e. The van der Waals surface area contributed by atoms with E-state index >= 15 is 0 Å². The van der Waals surface area contributed by atoms with Crippen LogP contribution in [0.1, 0.15) is 24.0 Å². The van der Waals surface area contributed by atoms with Gasteiger partial charge in [-0.1, -0.05) is 12.1 Å². The van der Waals surface area contributed by atoms with Crippen molar-refractivity contribution in [2.75, 3.05) is 13.1 Å². The smallest absolute Gasteiger partial charge is 0.227 e. The number of piperidine rings is 1. The molecule has 1 heterocycles. The van der Waals surface area contributed by atoms with E-state index in [1.54, 1.807) is 29.2 Å². The van der Waals surface area contributed by atoms with E-state index in [0.29, 0.717) is 24.9 Å². The minimum Gasteiger partial charge on any atom is -0.341 e. The highest BCUT2D eigenvalue weighted by atomic mass is 32.2. The third-order valence-corrected chi connectivity index (χ3v) is 4.95. The second kappa shape index (κ2) is 6.24. The number of primary sulfonamides is 1. The molecule has 1 saturated heterocycles. The number of hydrogen-bond donors (Lipinski definition) is 1. The van der Waals surface area contributed by atoms with E-state index < -0.39 is 15.3 Å². The van der Waals surface area contributed by atoms with E-state index in [-0.39, 0.29) is 18.9 Å². The molecule has 0 bridgehead atoms. The third kappa shape index (κ3) is 4.03. The lowest BCUT2D eigenvalue weighted by molar-refractivity contribution is -0.131. The molecule has 0 saturated carbocycles. The molecule has 0 spiro atoms. The first-order valence-electron chi connectivity index (χ1n) is 6.68. The van der Waals surface area contributed by atoms with Gasteiger partial charge < -0.3 is 4.90 Å². The van der Waals surface area contributed by atoms with Gasteiger partial charge in [0.1, 0.15) is 0 Å². The molecule has 112 valence electrons. The van der Waals surface area contributed by atoms with Crippen LogP contribution in [-0.4, -0.2) is 37.6 Å². The summed E-state index contributed by atoms with van der Waals surface area (Å²) in [5.41, 5.74) is 1.34. The average molecular weight is 307 g/mol. The van der Waals surface area contributed by atoms with E-state index in [2.05, 4.69) is 0 Å². The van der Waals surface area contributed by atoms with Gasteiger partial charge in [-0.05, 0) is 30.5 Å². The fourth-order valence-corrected chi connectivity index (χ4v) is 3.30. The molecule has 0 aliphatic carbocycles. The topological polar surface area (TPSA) is 104 Å². The minimum atomic E-state index is -3.60. The maximum Gasteiger partial charge on any atom is 0.227 e. The van der Waals surface area contributed by atoms with Gasteiger partial charge in [-0.25, -0.2) is 13.6 Å². The van der Waals surface area contributed by atoms with E-state index in [9.17, 15) is 13.2 Å². The number of rotatable bonds is 3. The van der Waals surface area contributed by atoms with Gasteiger partial charge in [0, 0.05) is 13.1 Å². The molecule has 1 aliphatic heterocycles. The second-order valence-electron chi connectivity index (χ2n) is 5.18. The number of hydrogen-bond acceptors (Lipinski definition) is 4. The van der Waals surface area contributed by atoms with Crippen LogP contribution in [0.3, 0.4) is 0 Å². The van der Waals surface area contributed by atoms with Crippen molar-refractivity contribution < 1.29 is 13.2 Å². The van der Waals surface area contributed by atoms with Gasteiger partial charge in [0.2, 0.25) is 15.9 Å². The van der Waals surface area contributed by atoms with Gasteiger partial charge in [-0.3, -0.25) is 4.79 Å². The molecule has 0 radical (unpaired) electrons. The van der Waals surface area contributed by atoms with Crippen molar-refractivity contribution in [2.24, 2.45) is 5.14 Å². The number of carbonyl (C=O) groups is 1. The molecule has 21 heavy (non-hydrogen) atoms. The lowest BCUT2D eigenvalue weighted by Crippen LogP contribution is -2.47. The highest BCUT2D eigenvalue weighted by Gasteiger charge is 2.30. The highest BCUT2D eigenvalue weighted by molar-refractivity contribution is 7.89. The molecule has 1 amide bonds. The molecule has 2 rings (SSSR count). The highest BCUT2D eigenvalue weighted by Crippen LogP contribution is 2.16. The van der Waals surface area contributed by atoms with Crippen LogP contribution in [-0.2, 0) is 21.2 Å². The fourth-order valence-electron chi connectivity index (χ4n) is 2.42. The summed E-state index contributed by atoms with van der Waals surface area (Å²) in [6.07, 6.45) is 1.34. The van der Waals surface area contributed by atoms with Gasteiger partial charge in [-0.2, -0.15) is 5.26 Å². The Morgan fingerprint density at radius 2 is 2.05 bits per heavy atom. The van der Waals surface area contributed by atoms with Crippen molar-refractivity contribution in [1.29, 1.82) is 5.26 Å². The number of sulfonamides is 1. The molecule has 1 aromatic rings. The van der Waals surface area contributed by atoms with Crippen LogP contribution >= 0.6 is 0 Å². The molecule has 2 N–H and O–H groups in total. The van der Waals surface area contributed by atoms with Crippen molar-refractivity contribution >= 4 is 15.9 Å². The molecule has 1 aliphatic rings. The van der Waals surface area contributed by atoms with Gasteiger partial charge in [0.05, 0.1) is 23.3 Å². The predicted molar refractivity (Wildman–Crippen MR) is 77.6 cm³/mol. The Morgan fingerprint density at radius 1 is 1.38 bits per heavy atom. The number of nitriles is 1. The molecule has 0 aromatic heterocycles. The van der Waals surface area contributed by atoms with Crippen LogP contribution in [0.2, 0.25) is 0 Å². The SMILES string of the molecule is N#Cc1ccc(CC(=O)N2CCCC(S(N)(=O)=O)C2)cc1. The summed E-state index contributed by atoms with van der Waals surface area (Å²) in [4.78, 5) is 13.8.